The number of carbonyl (C=O) groups is 2. The Morgan fingerprint density at radius 2 is 2.08 bits per heavy atom. The molecule has 0 aliphatic carbocycles. The van der Waals surface area contributed by atoms with Crippen molar-refractivity contribution in [1.29, 1.82) is 0 Å². The molecule has 1 aliphatic rings. The van der Waals surface area contributed by atoms with Crippen molar-refractivity contribution in [3.8, 4) is 0 Å². The van der Waals surface area contributed by atoms with Gasteiger partial charge in [-0.1, -0.05) is 0 Å². The van der Waals surface area contributed by atoms with Crippen molar-refractivity contribution in [2.45, 2.75) is 32.4 Å². The van der Waals surface area contributed by atoms with Crippen LogP contribution in [-0.4, -0.2) is 42.4 Å². The summed E-state index contributed by atoms with van der Waals surface area (Å²) in [5, 5.41) is 5.95. The molecule has 7 heteroatoms. The number of hydrogen-bond acceptors (Lipinski definition) is 5. The molecule has 0 saturated carbocycles. The molecular formula is C18H23N3O3S. The van der Waals surface area contributed by atoms with E-state index in [1.54, 1.807) is 12.3 Å². The number of aryl methyl sites for hydroxylation is 1. The van der Waals surface area contributed by atoms with Crippen LogP contribution in [0.15, 0.2) is 34.9 Å². The highest BCUT2D eigenvalue weighted by Crippen LogP contribution is 2.16. The van der Waals surface area contributed by atoms with Gasteiger partial charge in [0.1, 0.15) is 5.76 Å². The smallest absolute Gasteiger partial charge is 0.261 e. The lowest BCUT2D eigenvalue weighted by Crippen LogP contribution is -2.47. The first-order chi connectivity index (χ1) is 12.1. The van der Waals surface area contributed by atoms with E-state index in [2.05, 4.69) is 15.5 Å². The van der Waals surface area contributed by atoms with Crippen LogP contribution in [-0.2, 0) is 11.3 Å². The van der Waals surface area contributed by atoms with E-state index < -0.39 is 0 Å². The molecule has 1 fully saturated rings. The molecule has 0 unspecified atom stereocenters. The van der Waals surface area contributed by atoms with Gasteiger partial charge in [-0.3, -0.25) is 14.5 Å². The van der Waals surface area contributed by atoms with Crippen LogP contribution in [0.1, 0.15) is 33.2 Å². The van der Waals surface area contributed by atoms with E-state index in [1.807, 2.05) is 25.1 Å². The predicted octanol–water partition coefficient (Wildman–Crippen LogP) is 2.16. The number of carbonyl (C=O) groups excluding carboxylic acids is 2. The van der Waals surface area contributed by atoms with Gasteiger partial charge in [-0.25, -0.2) is 0 Å². The highest BCUT2D eigenvalue weighted by molar-refractivity contribution is 7.13. The number of piperidine rings is 1. The molecule has 2 aromatic rings. The van der Waals surface area contributed by atoms with Crippen molar-refractivity contribution in [2.24, 2.45) is 0 Å². The molecule has 3 heterocycles. The lowest BCUT2D eigenvalue weighted by atomic mass is 10.0. The summed E-state index contributed by atoms with van der Waals surface area (Å²) in [5.41, 5.74) is 0. The Hall–Kier alpha value is -2.12. The summed E-state index contributed by atoms with van der Waals surface area (Å²) in [4.78, 5) is 28.2. The molecule has 0 spiro atoms. The van der Waals surface area contributed by atoms with E-state index in [4.69, 9.17) is 4.42 Å². The average molecular weight is 361 g/mol. The fourth-order valence-electron chi connectivity index (χ4n) is 2.91. The lowest BCUT2D eigenvalue weighted by molar-refractivity contribution is -0.122. The van der Waals surface area contributed by atoms with E-state index in [0.717, 1.165) is 41.4 Å². The van der Waals surface area contributed by atoms with Crippen molar-refractivity contribution in [3.05, 3.63) is 46.0 Å². The molecule has 134 valence electrons. The Bertz CT molecular complexity index is 703. The molecule has 25 heavy (non-hydrogen) atoms. The second-order valence-corrected chi connectivity index (χ2v) is 7.58. The van der Waals surface area contributed by atoms with Gasteiger partial charge in [0.2, 0.25) is 5.91 Å². The Morgan fingerprint density at radius 1 is 1.28 bits per heavy atom. The normalized spacial score (nSPS) is 15.9. The maximum atomic E-state index is 12.2. The zero-order chi connectivity index (χ0) is 17.6. The Labute approximate surface area is 151 Å². The van der Waals surface area contributed by atoms with Gasteiger partial charge in [0, 0.05) is 24.0 Å². The number of hydrogen-bond donors (Lipinski definition) is 2. The Kier molecular flexibility index (Phi) is 5.88. The van der Waals surface area contributed by atoms with Crippen LogP contribution in [0, 0.1) is 6.92 Å². The first kappa shape index (κ1) is 17.7. The quantitative estimate of drug-likeness (QED) is 0.827. The van der Waals surface area contributed by atoms with Gasteiger partial charge < -0.3 is 15.1 Å². The van der Waals surface area contributed by atoms with Gasteiger partial charge in [0.15, 0.2) is 0 Å². The van der Waals surface area contributed by atoms with E-state index in [1.165, 1.54) is 11.3 Å². The molecule has 1 saturated heterocycles. The fourth-order valence-corrected chi connectivity index (χ4v) is 3.68. The number of nitrogens with one attached hydrogen (secondary N) is 2. The minimum absolute atomic E-state index is 0.00653. The van der Waals surface area contributed by atoms with E-state index in [-0.39, 0.29) is 17.9 Å². The van der Waals surface area contributed by atoms with Crippen molar-refractivity contribution >= 4 is 23.2 Å². The van der Waals surface area contributed by atoms with Crippen LogP contribution >= 0.6 is 11.3 Å². The number of thiophene rings is 1. The molecular weight excluding hydrogens is 338 g/mol. The summed E-state index contributed by atoms with van der Waals surface area (Å²) < 4.78 is 5.20. The standard InChI is InChI=1S/C18H23N3O3S/c1-13-4-5-16(25-13)18(23)20-14-6-8-21(9-7-14)12-17(22)19-11-15-3-2-10-24-15/h2-5,10,14H,6-9,11-12H2,1H3,(H,19,22)(H,20,23). The number of nitrogens with zero attached hydrogens (tertiary/aromatic N) is 1. The molecule has 2 amide bonds. The third kappa shape index (κ3) is 5.17. The second kappa shape index (κ2) is 8.31. The number of amides is 2. The second-order valence-electron chi connectivity index (χ2n) is 6.29. The van der Waals surface area contributed by atoms with Crippen LogP contribution in [0.2, 0.25) is 0 Å². The highest BCUT2D eigenvalue weighted by atomic mass is 32.1. The Balaban J connectivity index is 1.36. The van der Waals surface area contributed by atoms with E-state index in [9.17, 15) is 9.59 Å². The van der Waals surface area contributed by atoms with Crippen LogP contribution < -0.4 is 10.6 Å². The minimum atomic E-state index is -0.00653. The molecule has 0 aromatic carbocycles. The van der Waals surface area contributed by atoms with Gasteiger partial charge in [-0.05, 0) is 44.0 Å². The molecule has 2 aromatic heterocycles. The molecule has 0 bridgehead atoms. The van der Waals surface area contributed by atoms with Gasteiger partial charge in [0.05, 0.1) is 24.2 Å². The topological polar surface area (TPSA) is 74.6 Å². The van der Waals surface area contributed by atoms with Crippen molar-refractivity contribution in [2.75, 3.05) is 19.6 Å². The van der Waals surface area contributed by atoms with Gasteiger partial charge >= 0.3 is 0 Å². The maximum Gasteiger partial charge on any atom is 0.261 e. The van der Waals surface area contributed by atoms with Crippen LogP contribution in [0.4, 0.5) is 0 Å². The lowest BCUT2D eigenvalue weighted by Gasteiger charge is -2.31. The van der Waals surface area contributed by atoms with Gasteiger partial charge in [-0.15, -0.1) is 11.3 Å². The minimum Gasteiger partial charge on any atom is -0.467 e. The van der Waals surface area contributed by atoms with E-state index in [0.29, 0.717) is 13.1 Å². The number of likely N-dealkylation sites (tertiary alicyclic amines) is 1. The van der Waals surface area contributed by atoms with Crippen molar-refractivity contribution < 1.29 is 14.0 Å². The van der Waals surface area contributed by atoms with Gasteiger partial charge in [0.25, 0.3) is 5.91 Å². The summed E-state index contributed by atoms with van der Waals surface area (Å²) in [6.07, 6.45) is 3.32. The van der Waals surface area contributed by atoms with Crippen LogP contribution in [0.25, 0.3) is 0 Å². The van der Waals surface area contributed by atoms with Crippen LogP contribution in [0.5, 0.6) is 0 Å². The fraction of sp³-hybridized carbons (Fsp3) is 0.444. The van der Waals surface area contributed by atoms with Crippen LogP contribution in [0.3, 0.4) is 0 Å². The van der Waals surface area contributed by atoms with Crippen molar-refractivity contribution in [3.63, 3.8) is 0 Å². The van der Waals surface area contributed by atoms with Crippen molar-refractivity contribution in [1.82, 2.24) is 15.5 Å². The first-order valence-electron chi connectivity index (χ1n) is 8.49. The Morgan fingerprint density at radius 3 is 2.72 bits per heavy atom. The first-order valence-corrected chi connectivity index (χ1v) is 9.30. The molecule has 3 rings (SSSR count). The predicted molar refractivity (Wildman–Crippen MR) is 96.5 cm³/mol. The summed E-state index contributed by atoms with van der Waals surface area (Å²) in [5.74, 6) is 0.749. The zero-order valence-electron chi connectivity index (χ0n) is 14.3. The third-order valence-electron chi connectivity index (χ3n) is 4.29. The SMILES string of the molecule is Cc1ccc(C(=O)NC2CCN(CC(=O)NCc3ccco3)CC2)s1. The zero-order valence-corrected chi connectivity index (χ0v) is 15.1. The number of rotatable bonds is 6. The number of furan rings is 1. The van der Waals surface area contributed by atoms with E-state index >= 15 is 0 Å². The summed E-state index contributed by atoms with van der Waals surface area (Å²) in [7, 11) is 0. The monoisotopic (exact) mass is 361 g/mol. The molecule has 2 N–H and O–H groups in total. The summed E-state index contributed by atoms with van der Waals surface area (Å²) in [6, 6.07) is 7.65. The average Bonchev–Trinajstić information content (AvgIpc) is 3.26. The molecule has 1 aliphatic heterocycles. The van der Waals surface area contributed by atoms with Gasteiger partial charge in [-0.2, -0.15) is 0 Å². The molecule has 6 nitrogen and oxygen atoms in total. The third-order valence-corrected chi connectivity index (χ3v) is 5.29. The highest BCUT2D eigenvalue weighted by Gasteiger charge is 2.22. The summed E-state index contributed by atoms with van der Waals surface area (Å²) in [6.45, 7) is 4.41. The molecule has 0 atom stereocenters. The molecule has 0 radical (unpaired) electrons. The maximum absolute atomic E-state index is 12.2. The summed E-state index contributed by atoms with van der Waals surface area (Å²) >= 11 is 1.51. The largest absolute Gasteiger partial charge is 0.467 e.